The highest BCUT2D eigenvalue weighted by Gasteiger charge is 2.27. The predicted molar refractivity (Wildman–Crippen MR) is 134 cm³/mol. The Hall–Kier alpha value is -4.27. The van der Waals surface area contributed by atoms with Crippen molar-refractivity contribution in [2.45, 2.75) is 38.6 Å². The monoisotopic (exact) mass is 507 g/mol. The maximum absolute atomic E-state index is 13.2. The number of carbonyl (C=O) groups is 2. The van der Waals surface area contributed by atoms with Gasteiger partial charge in [0.1, 0.15) is 23.8 Å². The maximum Gasteiger partial charge on any atom is 0.323 e. The van der Waals surface area contributed by atoms with Gasteiger partial charge >= 0.3 is 11.9 Å². The van der Waals surface area contributed by atoms with Gasteiger partial charge in [-0.3, -0.25) is 14.4 Å². The highest BCUT2D eigenvalue weighted by molar-refractivity contribution is 5.72. The van der Waals surface area contributed by atoms with Crippen LogP contribution in [0.3, 0.4) is 0 Å². The van der Waals surface area contributed by atoms with Crippen LogP contribution in [0.15, 0.2) is 53.3 Å². The highest BCUT2D eigenvalue weighted by atomic mass is 16.5. The second-order valence-corrected chi connectivity index (χ2v) is 8.91. The fourth-order valence-corrected chi connectivity index (χ4v) is 4.54. The summed E-state index contributed by atoms with van der Waals surface area (Å²) >= 11 is 0. The Bertz CT molecular complexity index is 1360. The van der Waals surface area contributed by atoms with E-state index in [-0.39, 0.29) is 17.7 Å². The van der Waals surface area contributed by atoms with Crippen molar-refractivity contribution in [2.75, 3.05) is 20.3 Å². The molecule has 2 heterocycles. The molecule has 37 heavy (non-hydrogen) atoms. The lowest BCUT2D eigenvalue weighted by Gasteiger charge is -2.20. The molecule has 1 aliphatic heterocycles. The number of carbonyl (C=O) groups excluding carboxylic acids is 1. The van der Waals surface area contributed by atoms with Gasteiger partial charge in [-0.25, -0.2) is 0 Å². The van der Waals surface area contributed by atoms with Crippen molar-refractivity contribution in [1.82, 2.24) is 4.57 Å². The van der Waals surface area contributed by atoms with Crippen LogP contribution in [0.25, 0.3) is 0 Å². The standard InChI is InChI=1S/C28H29NO8/c1-17-13-23(30)27(28(34)29(17)16-25(31)32)22(15-26(33)35-2)19-4-6-21(7-5-19)36-11-9-18-3-8-24-20(14-18)10-12-37-24/h3-8,13-14,22,30H,9-12,15-16H2,1-2H3,(H,31,32). The van der Waals surface area contributed by atoms with Crippen LogP contribution in [0.2, 0.25) is 0 Å². The Morgan fingerprint density at radius 2 is 1.89 bits per heavy atom. The number of hydrogen-bond donors (Lipinski definition) is 2. The zero-order valence-electron chi connectivity index (χ0n) is 20.7. The minimum Gasteiger partial charge on any atom is -0.507 e. The molecule has 2 aromatic carbocycles. The zero-order valence-corrected chi connectivity index (χ0v) is 20.7. The first-order valence-corrected chi connectivity index (χ1v) is 12.0. The molecule has 1 atom stereocenters. The summed E-state index contributed by atoms with van der Waals surface area (Å²) in [5.41, 5.74) is 2.51. The van der Waals surface area contributed by atoms with E-state index in [2.05, 4.69) is 6.07 Å². The molecule has 0 radical (unpaired) electrons. The SMILES string of the molecule is COC(=O)CC(c1ccc(OCCc2ccc3c(c2)CCO3)cc1)c1c(O)cc(C)n(CC(=O)O)c1=O. The predicted octanol–water partition coefficient (Wildman–Crippen LogP) is 3.20. The van der Waals surface area contributed by atoms with Crippen molar-refractivity contribution < 1.29 is 34.0 Å². The summed E-state index contributed by atoms with van der Waals surface area (Å²) in [4.78, 5) is 36.7. The summed E-state index contributed by atoms with van der Waals surface area (Å²) in [5, 5.41) is 19.9. The molecule has 0 saturated carbocycles. The molecule has 9 heteroatoms. The van der Waals surface area contributed by atoms with Crippen molar-refractivity contribution in [2.24, 2.45) is 0 Å². The van der Waals surface area contributed by atoms with E-state index in [4.69, 9.17) is 14.2 Å². The van der Waals surface area contributed by atoms with E-state index in [9.17, 15) is 24.6 Å². The summed E-state index contributed by atoms with van der Waals surface area (Å²) in [6.07, 6.45) is 1.42. The van der Waals surface area contributed by atoms with E-state index in [1.807, 2.05) is 12.1 Å². The second kappa shape index (κ2) is 11.2. The summed E-state index contributed by atoms with van der Waals surface area (Å²) in [6.45, 7) is 2.15. The van der Waals surface area contributed by atoms with Gasteiger partial charge < -0.3 is 29.0 Å². The Kier molecular flexibility index (Phi) is 7.81. The summed E-state index contributed by atoms with van der Waals surface area (Å²) in [5.74, 6) is -1.37. The van der Waals surface area contributed by atoms with Crippen LogP contribution in [0.4, 0.5) is 0 Å². The number of aryl methyl sites for hydroxylation is 1. The van der Waals surface area contributed by atoms with Crippen LogP contribution in [0, 0.1) is 6.92 Å². The van der Waals surface area contributed by atoms with Crippen molar-refractivity contribution >= 4 is 11.9 Å². The van der Waals surface area contributed by atoms with Gasteiger partial charge in [0.05, 0.1) is 32.3 Å². The van der Waals surface area contributed by atoms with Gasteiger partial charge in [-0.2, -0.15) is 0 Å². The quantitative estimate of drug-likeness (QED) is 0.401. The highest BCUT2D eigenvalue weighted by Crippen LogP contribution is 2.33. The lowest BCUT2D eigenvalue weighted by molar-refractivity contribution is -0.141. The van der Waals surface area contributed by atoms with Gasteiger partial charge in [0.15, 0.2) is 0 Å². The Morgan fingerprint density at radius 1 is 1.14 bits per heavy atom. The smallest absolute Gasteiger partial charge is 0.323 e. The number of esters is 1. The fraction of sp³-hybridized carbons (Fsp3) is 0.321. The molecule has 0 spiro atoms. The van der Waals surface area contributed by atoms with Gasteiger partial charge in [-0.1, -0.05) is 24.3 Å². The van der Waals surface area contributed by atoms with Crippen LogP contribution in [0.5, 0.6) is 17.2 Å². The first kappa shape index (κ1) is 25.8. The van der Waals surface area contributed by atoms with Gasteiger partial charge in [0.25, 0.3) is 5.56 Å². The van der Waals surface area contributed by atoms with E-state index in [0.29, 0.717) is 30.2 Å². The topological polar surface area (TPSA) is 124 Å². The van der Waals surface area contributed by atoms with Crippen molar-refractivity contribution in [3.63, 3.8) is 0 Å². The number of rotatable bonds is 10. The number of carboxylic acid groups (broad SMARTS) is 1. The summed E-state index contributed by atoms with van der Waals surface area (Å²) in [7, 11) is 1.24. The number of hydrogen-bond acceptors (Lipinski definition) is 7. The molecule has 1 unspecified atom stereocenters. The molecule has 0 amide bonds. The number of pyridine rings is 1. The van der Waals surface area contributed by atoms with E-state index < -0.39 is 30.0 Å². The van der Waals surface area contributed by atoms with Gasteiger partial charge in [0.2, 0.25) is 0 Å². The van der Waals surface area contributed by atoms with Gasteiger partial charge in [-0.15, -0.1) is 0 Å². The fourth-order valence-electron chi connectivity index (χ4n) is 4.54. The molecule has 0 saturated heterocycles. The molecule has 2 N–H and O–H groups in total. The minimum absolute atomic E-state index is 0.0634. The lowest BCUT2D eigenvalue weighted by atomic mass is 9.88. The van der Waals surface area contributed by atoms with E-state index in [1.54, 1.807) is 24.3 Å². The Labute approximate surface area is 213 Å². The molecule has 194 valence electrons. The van der Waals surface area contributed by atoms with Gasteiger partial charge in [-0.05, 0) is 47.9 Å². The number of benzene rings is 2. The number of aromatic nitrogens is 1. The molecular formula is C28H29NO8. The average molecular weight is 508 g/mol. The van der Waals surface area contributed by atoms with E-state index in [1.165, 1.54) is 25.7 Å². The number of methoxy groups -OCH3 is 1. The lowest BCUT2D eigenvalue weighted by Crippen LogP contribution is -2.30. The first-order valence-electron chi connectivity index (χ1n) is 12.0. The third kappa shape index (κ3) is 5.94. The first-order chi connectivity index (χ1) is 17.8. The molecule has 0 bridgehead atoms. The largest absolute Gasteiger partial charge is 0.507 e. The molecule has 1 aromatic heterocycles. The molecule has 3 aromatic rings. The number of ether oxygens (including phenoxy) is 3. The van der Waals surface area contributed by atoms with Gasteiger partial charge in [0, 0.05) is 24.5 Å². The van der Waals surface area contributed by atoms with E-state index >= 15 is 0 Å². The third-order valence-corrected chi connectivity index (χ3v) is 6.46. The average Bonchev–Trinajstić information content (AvgIpc) is 3.34. The normalized spacial score (nSPS) is 12.9. The second-order valence-electron chi connectivity index (χ2n) is 8.91. The molecule has 0 fully saturated rings. The zero-order chi connectivity index (χ0) is 26.5. The van der Waals surface area contributed by atoms with E-state index in [0.717, 1.165) is 28.7 Å². The van der Waals surface area contributed by atoms with Crippen molar-refractivity contribution in [3.8, 4) is 17.2 Å². The van der Waals surface area contributed by atoms with Crippen molar-refractivity contribution in [1.29, 1.82) is 0 Å². The third-order valence-electron chi connectivity index (χ3n) is 6.46. The number of nitrogens with zero attached hydrogens (tertiary/aromatic N) is 1. The number of aromatic hydroxyl groups is 1. The molecular weight excluding hydrogens is 478 g/mol. The minimum atomic E-state index is -1.19. The van der Waals surface area contributed by atoms with Crippen LogP contribution in [-0.4, -0.2) is 47.0 Å². The maximum atomic E-state index is 13.2. The number of carboxylic acids is 1. The van der Waals surface area contributed by atoms with Crippen LogP contribution >= 0.6 is 0 Å². The summed E-state index contributed by atoms with van der Waals surface area (Å²) < 4.78 is 17.3. The van der Waals surface area contributed by atoms with Crippen molar-refractivity contribution in [3.05, 3.63) is 86.8 Å². The van der Waals surface area contributed by atoms with Crippen LogP contribution in [0.1, 0.15) is 40.3 Å². The molecule has 0 aliphatic carbocycles. The Balaban J connectivity index is 1.54. The number of aliphatic carboxylic acids is 1. The molecule has 4 rings (SSSR count). The molecule has 1 aliphatic rings. The van der Waals surface area contributed by atoms with Crippen LogP contribution < -0.4 is 15.0 Å². The Morgan fingerprint density at radius 3 is 2.59 bits per heavy atom. The molecule has 9 nitrogen and oxygen atoms in total. The van der Waals surface area contributed by atoms with Crippen LogP contribution in [-0.2, 0) is 33.7 Å². The summed E-state index contributed by atoms with van der Waals surface area (Å²) in [6, 6.07) is 14.4. The number of fused-ring (bicyclic) bond motifs is 1.